The Hall–Kier alpha value is -1.40. The fourth-order valence-electron chi connectivity index (χ4n) is 1.50. The number of aromatic nitrogens is 2. The molecule has 6 nitrogen and oxygen atoms in total. The molecule has 1 aromatic rings. The molecule has 1 heterocycles. The molecule has 0 saturated heterocycles. The van der Waals surface area contributed by atoms with Crippen LogP contribution in [-0.4, -0.2) is 48.0 Å². The lowest BCUT2D eigenvalue weighted by Gasteiger charge is -2.12. The summed E-state index contributed by atoms with van der Waals surface area (Å²) >= 11 is 0. The van der Waals surface area contributed by atoms with Crippen molar-refractivity contribution in [1.82, 2.24) is 9.97 Å². The van der Waals surface area contributed by atoms with E-state index in [1.807, 2.05) is 13.8 Å². The van der Waals surface area contributed by atoms with Crippen molar-refractivity contribution in [1.29, 1.82) is 0 Å². The van der Waals surface area contributed by atoms with Crippen molar-refractivity contribution in [2.45, 2.75) is 26.4 Å². The van der Waals surface area contributed by atoms with Crippen molar-refractivity contribution < 1.29 is 9.84 Å². The largest absolute Gasteiger partial charge is 0.391 e. The van der Waals surface area contributed by atoms with Gasteiger partial charge in [-0.1, -0.05) is 0 Å². The zero-order valence-corrected chi connectivity index (χ0v) is 11.2. The van der Waals surface area contributed by atoms with E-state index in [1.165, 1.54) is 0 Å². The van der Waals surface area contributed by atoms with Gasteiger partial charge in [-0.15, -0.1) is 0 Å². The second-order valence-electron chi connectivity index (χ2n) is 4.08. The molecule has 0 aliphatic rings. The number of ether oxygens (including phenoxy) is 1. The molecule has 3 N–H and O–H groups in total. The summed E-state index contributed by atoms with van der Waals surface area (Å²) in [5, 5.41) is 15.8. The van der Waals surface area contributed by atoms with Crippen LogP contribution in [0.1, 0.15) is 18.9 Å². The Balaban J connectivity index is 2.47. The Bertz CT molecular complexity index is 360. The van der Waals surface area contributed by atoms with Gasteiger partial charge in [0.1, 0.15) is 5.82 Å². The Morgan fingerprint density at radius 1 is 1.44 bits per heavy atom. The second kappa shape index (κ2) is 7.84. The van der Waals surface area contributed by atoms with Gasteiger partial charge in [-0.3, -0.25) is 0 Å². The highest BCUT2D eigenvalue weighted by atomic mass is 16.5. The van der Waals surface area contributed by atoms with Crippen LogP contribution in [0.5, 0.6) is 0 Å². The van der Waals surface area contributed by atoms with Gasteiger partial charge in [0.05, 0.1) is 12.7 Å². The van der Waals surface area contributed by atoms with Crippen LogP contribution in [0.2, 0.25) is 0 Å². The summed E-state index contributed by atoms with van der Waals surface area (Å²) in [6, 6.07) is 0. The van der Waals surface area contributed by atoms with Crippen molar-refractivity contribution in [3.8, 4) is 0 Å². The van der Waals surface area contributed by atoms with Crippen molar-refractivity contribution in [3.05, 3.63) is 11.8 Å². The number of aliphatic hydroxyl groups excluding tert-OH is 1. The van der Waals surface area contributed by atoms with E-state index in [0.29, 0.717) is 25.5 Å². The molecule has 0 aliphatic carbocycles. The van der Waals surface area contributed by atoms with Gasteiger partial charge in [-0.2, -0.15) is 4.98 Å². The predicted molar refractivity (Wildman–Crippen MR) is 71.9 cm³/mol. The van der Waals surface area contributed by atoms with Gasteiger partial charge >= 0.3 is 0 Å². The zero-order chi connectivity index (χ0) is 13.4. The average molecular weight is 254 g/mol. The van der Waals surface area contributed by atoms with Gasteiger partial charge in [0.15, 0.2) is 0 Å². The molecule has 0 radical (unpaired) electrons. The van der Waals surface area contributed by atoms with E-state index < -0.39 is 6.10 Å². The Kier molecular flexibility index (Phi) is 6.38. The van der Waals surface area contributed by atoms with Crippen molar-refractivity contribution in [3.63, 3.8) is 0 Å². The molecular weight excluding hydrogens is 232 g/mol. The third-order valence-electron chi connectivity index (χ3n) is 2.44. The molecule has 0 aliphatic heterocycles. The normalized spacial score (nSPS) is 12.2. The first-order valence-corrected chi connectivity index (χ1v) is 6.15. The van der Waals surface area contributed by atoms with E-state index in [4.69, 9.17) is 4.74 Å². The summed E-state index contributed by atoms with van der Waals surface area (Å²) in [5.41, 5.74) is 0.984. The quantitative estimate of drug-likeness (QED) is 0.643. The number of nitrogens with one attached hydrogen (secondary N) is 2. The highest BCUT2D eigenvalue weighted by Gasteiger charge is 2.05. The van der Waals surface area contributed by atoms with Gasteiger partial charge in [0.2, 0.25) is 5.95 Å². The fraction of sp³-hybridized carbons (Fsp3) is 0.667. The highest BCUT2D eigenvalue weighted by Crippen LogP contribution is 2.12. The molecule has 0 aromatic carbocycles. The number of methoxy groups -OCH3 is 1. The maximum atomic E-state index is 9.53. The topological polar surface area (TPSA) is 79.3 Å². The minimum atomic E-state index is -0.446. The SMILES string of the molecule is CCNc1ncc(C)c(NCCC(O)COC)n1. The maximum absolute atomic E-state index is 9.53. The van der Waals surface area contributed by atoms with E-state index in [0.717, 1.165) is 17.9 Å². The number of aliphatic hydroxyl groups is 1. The highest BCUT2D eigenvalue weighted by molar-refractivity contribution is 5.46. The summed E-state index contributed by atoms with van der Waals surface area (Å²) in [7, 11) is 1.58. The molecule has 6 heteroatoms. The number of nitrogens with zero attached hydrogens (tertiary/aromatic N) is 2. The van der Waals surface area contributed by atoms with Crippen molar-refractivity contribution in [2.75, 3.05) is 37.4 Å². The molecule has 0 amide bonds. The lowest BCUT2D eigenvalue weighted by molar-refractivity contribution is 0.0615. The summed E-state index contributed by atoms with van der Waals surface area (Å²) in [6.45, 7) is 5.73. The van der Waals surface area contributed by atoms with Gasteiger partial charge in [0, 0.05) is 32.0 Å². The molecule has 0 fully saturated rings. The summed E-state index contributed by atoms with van der Waals surface area (Å²) < 4.78 is 4.87. The maximum Gasteiger partial charge on any atom is 0.224 e. The molecule has 1 rings (SSSR count). The van der Waals surface area contributed by atoms with Crippen LogP contribution in [-0.2, 0) is 4.74 Å². The first-order chi connectivity index (χ1) is 8.67. The molecule has 1 unspecified atom stereocenters. The molecule has 1 atom stereocenters. The number of anilines is 2. The first kappa shape index (κ1) is 14.7. The van der Waals surface area contributed by atoms with E-state index in [2.05, 4.69) is 20.6 Å². The standard InChI is InChI=1S/C12H22N4O2/c1-4-13-12-15-7-9(2)11(16-12)14-6-5-10(17)8-18-3/h7,10,17H,4-6,8H2,1-3H3,(H2,13,14,15,16). The van der Waals surface area contributed by atoms with Gasteiger partial charge in [0.25, 0.3) is 0 Å². The zero-order valence-electron chi connectivity index (χ0n) is 11.2. The lowest BCUT2D eigenvalue weighted by atomic mass is 10.2. The molecular formula is C12H22N4O2. The fourth-order valence-corrected chi connectivity index (χ4v) is 1.50. The van der Waals surface area contributed by atoms with Gasteiger partial charge < -0.3 is 20.5 Å². The van der Waals surface area contributed by atoms with E-state index in [9.17, 15) is 5.11 Å². The summed E-state index contributed by atoms with van der Waals surface area (Å²) in [6.07, 6.45) is 1.95. The first-order valence-electron chi connectivity index (χ1n) is 6.15. The van der Waals surface area contributed by atoms with Crippen LogP contribution in [0.3, 0.4) is 0 Å². The predicted octanol–water partition coefficient (Wildman–Crippen LogP) is 1.03. The van der Waals surface area contributed by atoms with E-state index in [-0.39, 0.29) is 0 Å². The van der Waals surface area contributed by atoms with E-state index >= 15 is 0 Å². The monoisotopic (exact) mass is 254 g/mol. The van der Waals surface area contributed by atoms with E-state index in [1.54, 1.807) is 13.3 Å². The smallest absolute Gasteiger partial charge is 0.224 e. The second-order valence-corrected chi connectivity index (χ2v) is 4.08. The number of hydrogen-bond donors (Lipinski definition) is 3. The third kappa shape index (κ3) is 4.85. The minimum Gasteiger partial charge on any atom is -0.391 e. The molecule has 0 bridgehead atoms. The van der Waals surface area contributed by atoms with Gasteiger partial charge in [-0.25, -0.2) is 4.98 Å². The van der Waals surface area contributed by atoms with Crippen LogP contribution >= 0.6 is 0 Å². The van der Waals surface area contributed by atoms with Crippen LogP contribution in [0.25, 0.3) is 0 Å². The number of aryl methyl sites for hydroxylation is 1. The molecule has 0 saturated carbocycles. The molecule has 1 aromatic heterocycles. The van der Waals surface area contributed by atoms with Gasteiger partial charge in [-0.05, 0) is 20.3 Å². The van der Waals surface area contributed by atoms with Crippen molar-refractivity contribution in [2.24, 2.45) is 0 Å². The van der Waals surface area contributed by atoms with Crippen molar-refractivity contribution >= 4 is 11.8 Å². The van der Waals surface area contributed by atoms with Crippen LogP contribution < -0.4 is 10.6 Å². The van der Waals surface area contributed by atoms with Crippen LogP contribution in [0.4, 0.5) is 11.8 Å². The Labute approximate surface area is 108 Å². The Morgan fingerprint density at radius 3 is 2.89 bits per heavy atom. The number of hydrogen-bond acceptors (Lipinski definition) is 6. The molecule has 102 valence electrons. The average Bonchev–Trinajstić information content (AvgIpc) is 2.34. The Morgan fingerprint density at radius 2 is 2.22 bits per heavy atom. The molecule has 0 spiro atoms. The summed E-state index contributed by atoms with van der Waals surface area (Å²) in [4.78, 5) is 8.53. The number of rotatable bonds is 8. The minimum absolute atomic E-state index is 0.354. The third-order valence-corrected chi connectivity index (χ3v) is 2.44. The van der Waals surface area contributed by atoms with Crippen LogP contribution in [0.15, 0.2) is 6.20 Å². The lowest BCUT2D eigenvalue weighted by Crippen LogP contribution is -2.19. The summed E-state index contributed by atoms with van der Waals surface area (Å²) in [5.74, 6) is 1.41. The van der Waals surface area contributed by atoms with Crippen LogP contribution in [0, 0.1) is 6.92 Å². The molecule has 18 heavy (non-hydrogen) atoms.